The first-order valence-electron chi connectivity index (χ1n) is 10.6. The largest absolute Gasteiger partial charge is 0.508 e. The molecule has 1 heterocycles. The van der Waals surface area contributed by atoms with Gasteiger partial charge in [0.15, 0.2) is 0 Å². The van der Waals surface area contributed by atoms with Gasteiger partial charge in [0.05, 0.1) is 17.7 Å². The number of carbonyl (C=O) groups excluding carboxylic acids is 2. The summed E-state index contributed by atoms with van der Waals surface area (Å²) in [4.78, 5) is 38.4. The van der Waals surface area contributed by atoms with Crippen LogP contribution in [0.3, 0.4) is 0 Å². The molecule has 2 aromatic rings. The standard InChI is InChI=1S/C24H25N3O6/c25-14-17-1-5-18(6-2-17)23(31)26-21(13-16-3-7-19(28)8-4-16)24(32)27-11-9-20(10-12-27)33-15-22(29)30/h1-8,20-21,28H,9-13,15H2,(H,26,31)(H,29,30)/t21-/m0/s1. The summed E-state index contributed by atoms with van der Waals surface area (Å²) in [7, 11) is 0. The number of amides is 2. The molecule has 2 amide bonds. The second-order valence-electron chi connectivity index (χ2n) is 7.82. The van der Waals surface area contributed by atoms with E-state index in [-0.39, 0.29) is 30.8 Å². The number of ether oxygens (including phenoxy) is 1. The highest BCUT2D eigenvalue weighted by molar-refractivity contribution is 5.97. The second-order valence-corrected chi connectivity index (χ2v) is 7.82. The number of phenols is 1. The number of nitrogens with zero attached hydrogens (tertiary/aromatic N) is 2. The maximum Gasteiger partial charge on any atom is 0.329 e. The zero-order chi connectivity index (χ0) is 23.8. The molecule has 172 valence electrons. The average Bonchev–Trinajstić information content (AvgIpc) is 2.83. The molecule has 0 aliphatic carbocycles. The van der Waals surface area contributed by atoms with Gasteiger partial charge in [-0.15, -0.1) is 0 Å². The second kappa shape index (κ2) is 11.1. The number of piperidine rings is 1. The summed E-state index contributed by atoms with van der Waals surface area (Å²) in [6.07, 6.45) is 1.02. The number of likely N-dealkylation sites (tertiary alicyclic amines) is 1. The van der Waals surface area contributed by atoms with Crippen molar-refractivity contribution in [2.24, 2.45) is 0 Å². The van der Waals surface area contributed by atoms with Gasteiger partial charge in [0, 0.05) is 25.1 Å². The normalized spacial score (nSPS) is 14.8. The van der Waals surface area contributed by atoms with Crippen LogP contribution in [-0.4, -0.2) is 64.7 Å². The summed E-state index contributed by atoms with van der Waals surface area (Å²) < 4.78 is 5.33. The molecule has 0 saturated carbocycles. The van der Waals surface area contributed by atoms with E-state index in [9.17, 15) is 19.5 Å². The molecular weight excluding hydrogens is 426 g/mol. The molecular formula is C24H25N3O6. The Labute approximate surface area is 191 Å². The van der Waals surface area contributed by atoms with E-state index in [1.54, 1.807) is 17.0 Å². The van der Waals surface area contributed by atoms with Gasteiger partial charge in [-0.2, -0.15) is 5.26 Å². The van der Waals surface area contributed by atoms with Crippen LogP contribution in [0.1, 0.15) is 34.3 Å². The van der Waals surface area contributed by atoms with Crippen LogP contribution in [0.25, 0.3) is 0 Å². The van der Waals surface area contributed by atoms with Gasteiger partial charge in [0.2, 0.25) is 5.91 Å². The van der Waals surface area contributed by atoms with E-state index in [1.807, 2.05) is 6.07 Å². The third-order valence-electron chi connectivity index (χ3n) is 5.45. The fourth-order valence-electron chi connectivity index (χ4n) is 3.66. The van der Waals surface area contributed by atoms with Crippen LogP contribution >= 0.6 is 0 Å². The molecule has 2 aromatic carbocycles. The predicted molar refractivity (Wildman–Crippen MR) is 117 cm³/mol. The van der Waals surface area contributed by atoms with Gasteiger partial charge in [-0.3, -0.25) is 9.59 Å². The maximum atomic E-state index is 13.3. The van der Waals surface area contributed by atoms with E-state index in [0.717, 1.165) is 5.56 Å². The first kappa shape index (κ1) is 23.8. The van der Waals surface area contributed by atoms with Crippen LogP contribution in [0.4, 0.5) is 0 Å². The summed E-state index contributed by atoms with van der Waals surface area (Å²) in [5, 5.41) is 30.0. The quantitative estimate of drug-likeness (QED) is 0.555. The number of hydrogen-bond donors (Lipinski definition) is 3. The highest BCUT2D eigenvalue weighted by Gasteiger charge is 2.30. The smallest absolute Gasteiger partial charge is 0.329 e. The van der Waals surface area contributed by atoms with Gasteiger partial charge in [0.25, 0.3) is 5.91 Å². The molecule has 33 heavy (non-hydrogen) atoms. The molecule has 3 N–H and O–H groups in total. The number of aromatic hydroxyl groups is 1. The molecule has 0 radical (unpaired) electrons. The molecule has 0 spiro atoms. The van der Waals surface area contributed by atoms with E-state index in [4.69, 9.17) is 15.1 Å². The molecule has 1 aliphatic rings. The molecule has 9 heteroatoms. The molecule has 1 aliphatic heterocycles. The maximum absolute atomic E-state index is 13.3. The van der Waals surface area contributed by atoms with Crippen molar-refractivity contribution >= 4 is 17.8 Å². The van der Waals surface area contributed by atoms with Crippen molar-refractivity contribution in [2.45, 2.75) is 31.4 Å². The van der Waals surface area contributed by atoms with E-state index in [1.165, 1.54) is 36.4 Å². The fraction of sp³-hybridized carbons (Fsp3) is 0.333. The van der Waals surface area contributed by atoms with Crippen molar-refractivity contribution in [2.75, 3.05) is 19.7 Å². The summed E-state index contributed by atoms with van der Waals surface area (Å²) >= 11 is 0. The van der Waals surface area contributed by atoms with Crippen LogP contribution in [0.5, 0.6) is 5.75 Å². The van der Waals surface area contributed by atoms with Crippen LogP contribution in [-0.2, 0) is 20.7 Å². The molecule has 9 nitrogen and oxygen atoms in total. The Hall–Kier alpha value is -3.90. The van der Waals surface area contributed by atoms with Crippen molar-refractivity contribution in [3.63, 3.8) is 0 Å². The fourth-order valence-corrected chi connectivity index (χ4v) is 3.66. The van der Waals surface area contributed by atoms with Gasteiger partial charge >= 0.3 is 5.97 Å². The Kier molecular flexibility index (Phi) is 8.00. The van der Waals surface area contributed by atoms with Crippen LogP contribution in [0.15, 0.2) is 48.5 Å². The van der Waals surface area contributed by atoms with Gasteiger partial charge in [0.1, 0.15) is 18.4 Å². The molecule has 0 aromatic heterocycles. The Morgan fingerprint density at radius 3 is 2.30 bits per heavy atom. The van der Waals surface area contributed by atoms with E-state index in [2.05, 4.69) is 5.32 Å². The first-order chi connectivity index (χ1) is 15.9. The minimum Gasteiger partial charge on any atom is -0.508 e. The van der Waals surface area contributed by atoms with E-state index in [0.29, 0.717) is 37.1 Å². The lowest BCUT2D eigenvalue weighted by molar-refractivity contribution is -0.147. The lowest BCUT2D eigenvalue weighted by atomic mass is 10.0. The lowest BCUT2D eigenvalue weighted by Gasteiger charge is -2.34. The number of hydrogen-bond acceptors (Lipinski definition) is 6. The molecule has 1 atom stereocenters. The first-order valence-corrected chi connectivity index (χ1v) is 10.6. The highest BCUT2D eigenvalue weighted by Crippen LogP contribution is 2.17. The number of nitrogens with one attached hydrogen (secondary N) is 1. The minimum atomic E-state index is -1.03. The zero-order valence-corrected chi connectivity index (χ0v) is 17.9. The Bertz CT molecular complexity index is 1020. The van der Waals surface area contributed by atoms with Gasteiger partial charge in [-0.05, 0) is 54.8 Å². The van der Waals surface area contributed by atoms with Crippen molar-refractivity contribution in [1.82, 2.24) is 10.2 Å². The van der Waals surface area contributed by atoms with Crippen molar-refractivity contribution in [3.8, 4) is 11.8 Å². The zero-order valence-electron chi connectivity index (χ0n) is 17.9. The third-order valence-corrected chi connectivity index (χ3v) is 5.45. The SMILES string of the molecule is N#Cc1ccc(C(=O)N[C@@H](Cc2ccc(O)cc2)C(=O)N2CCC(OCC(=O)O)CC2)cc1. The van der Waals surface area contributed by atoms with Crippen LogP contribution in [0.2, 0.25) is 0 Å². The van der Waals surface area contributed by atoms with Crippen molar-refractivity contribution < 1.29 is 29.3 Å². The summed E-state index contributed by atoms with van der Waals surface area (Å²) in [5.41, 5.74) is 1.53. The molecule has 0 unspecified atom stereocenters. The number of phenolic OH excluding ortho intramolecular Hbond substituents is 1. The number of benzene rings is 2. The summed E-state index contributed by atoms with van der Waals surface area (Å²) in [6, 6.07) is 13.7. The third kappa shape index (κ3) is 6.79. The summed E-state index contributed by atoms with van der Waals surface area (Å²) in [5.74, 6) is -1.61. The lowest BCUT2D eigenvalue weighted by Crippen LogP contribution is -2.52. The number of carboxylic acid groups (broad SMARTS) is 1. The number of rotatable bonds is 8. The number of carbonyl (C=O) groups is 3. The highest BCUT2D eigenvalue weighted by atomic mass is 16.5. The number of aliphatic carboxylic acids is 1. The Morgan fingerprint density at radius 2 is 1.73 bits per heavy atom. The van der Waals surface area contributed by atoms with Crippen molar-refractivity contribution in [3.05, 3.63) is 65.2 Å². The van der Waals surface area contributed by atoms with E-state index < -0.39 is 17.9 Å². The average molecular weight is 451 g/mol. The molecule has 1 fully saturated rings. The molecule has 0 bridgehead atoms. The topological polar surface area (TPSA) is 140 Å². The van der Waals surface area contributed by atoms with Gasteiger partial charge in [-0.1, -0.05) is 12.1 Å². The monoisotopic (exact) mass is 451 g/mol. The van der Waals surface area contributed by atoms with Gasteiger partial charge < -0.3 is 25.2 Å². The Balaban J connectivity index is 1.70. The Morgan fingerprint density at radius 1 is 1.09 bits per heavy atom. The molecule has 1 saturated heterocycles. The number of nitriles is 1. The van der Waals surface area contributed by atoms with Crippen molar-refractivity contribution in [1.29, 1.82) is 5.26 Å². The number of carboxylic acids is 1. The predicted octanol–water partition coefficient (Wildman–Crippen LogP) is 1.70. The van der Waals surface area contributed by atoms with Gasteiger partial charge in [-0.25, -0.2) is 4.79 Å². The van der Waals surface area contributed by atoms with E-state index >= 15 is 0 Å². The van der Waals surface area contributed by atoms with Crippen LogP contribution < -0.4 is 5.32 Å². The summed E-state index contributed by atoms with van der Waals surface area (Å²) in [6.45, 7) is 0.409. The van der Waals surface area contributed by atoms with Crippen LogP contribution in [0, 0.1) is 11.3 Å². The molecule has 3 rings (SSSR count). The minimum absolute atomic E-state index is 0.103.